The van der Waals surface area contributed by atoms with Crippen molar-refractivity contribution in [2.75, 3.05) is 12.4 Å². The van der Waals surface area contributed by atoms with Crippen molar-refractivity contribution < 1.29 is 0 Å². The number of nitrogens with one attached hydrogen (secondary N) is 1. The second-order valence-corrected chi connectivity index (χ2v) is 2.53. The molecule has 2 aromatic rings. The van der Waals surface area contributed by atoms with Crippen LogP contribution in [0.4, 0.5) is 5.82 Å². The van der Waals surface area contributed by atoms with Crippen molar-refractivity contribution in [3.05, 3.63) is 30.5 Å². The predicted octanol–water partition coefficient (Wildman–Crippen LogP) is 1.67. The van der Waals surface area contributed by atoms with Crippen LogP contribution in [0.5, 0.6) is 0 Å². The Bertz CT molecular complexity index is 392. The Balaban J connectivity index is 2.79. The van der Waals surface area contributed by atoms with Gasteiger partial charge in [0.1, 0.15) is 0 Å². The van der Waals surface area contributed by atoms with Gasteiger partial charge in [0.05, 0.1) is 6.20 Å². The number of rotatable bonds is 1. The quantitative estimate of drug-likeness (QED) is 0.687. The highest BCUT2D eigenvalue weighted by Gasteiger charge is 1.98. The van der Waals surface area contributed by atoms with E-state index in [-0.39, 0.29) is 0 Å². The van der Waals surface area contributed by atoms with Crippen LogP contribution in [0.15, 0.2) is 30.5 Å². The minimum atomic E-state index is 0.827. The molecular weight excluding hydrogens is 150 g/mol. The molecule has 0 spiro atoms. The molecule has 0 radical (unpaired) electrons. The van der Waals surface area contributed by atoms with E-state index in [0.717, 1.165) is 16.6 Å². The summed E-state index contributed by atoms with van der Waals surface area (Å²) in [6.07, 6.45) is 1.76. The summed E-state index contributed by atoms with van der Waals surface area (Å²) in [4.78, 5) is 0. The average molecular weight is 159 g/mol. The third-order valence-electron chi connectivity index (χ3n) is 1.81. The zero-order valence-corrected chi connectivity index (χ0v) is 6.78. The summed E-state index contributed by atoms with van der Waals surface area (Å²) in [7, 11) is 1.84. The van der Waals surface area contributed by atoms with E-state index in [0.29, 0.717) is 0 Å². The number of hydrogen-bond donors (Lipinski definition) is 1. The largest absolute Gasteiger partial charge is 0.371 e. The first-order valence-electron chi connectivity index (χ1n) is 3.80. The molecule has 0 atom stereocenters. The van der Waals surface area contributed by atoms with Crippen LogP contribution in [-0.4, -0.2) is 17.2 Å². The highest BCUT2D eigenvalue weighted by Crippen LogP contribution is 2.17. The molecule has 1 heterocycles. The second-order valence-electron chi connectivity index (χ2n) is 2.53. The lowest BCUT2D eigenvalue weighted by Gasteiger charge is -2.01. The Labute approximate surface area is 70.4 Å². The van der Waals surface area contributed by atoms with Gasteiger partial charge in [0.15, 0.2) is 5.82 Å². The lowest BCUT2D eigenvalue weighted by atomic mass is 10.2. The molecule has 0 aliphatic carbocycles. The van der Waals surface area contributed by atoms with Gasteiger partial charge in [-0.1, -0.05) is 24.3 Å². The molecule has 1 aromatic heterocycles. The first-order chi connectivity index (χ1) is 5.92. The SMILES string of the molecule is CNc1nncc2ccccc12. The van der Waals surface area contributed by atoms with E-state index < -0.39 is 0 Å². The molecule has 3 nitrogen and oxygen atoms in total. The maximum Gasteiger partial charge on any atom is 0.156 e. The summed E-state index contributed by atoms with van der Waals surface area (Å²) < 4.78 is 0. The molecule has 60 valence electrons. The topological polar surface area (TPSA) is 37.8 Å². The van der Waals surface area contributed by atoms with Gasteiger partial charge in [0, 0.05) is 17.8 Å². The van der Waals surface area contributed by atoms with E-state index in [1.165, 1.54) is 0 Å². The smallest absolute Gasteiger partial charge is 0.156 e. The van der Waals surface area contributed by atoms with E-state index in [9.17, 15) is 0 Å². The van der Waals surface area contributed by atoms with Crippen LogP contribution in [-0.2, 0) is 0 Å². The molecule has 0 amide bonds. The first-order valence-corrected chi connectivity index (χ1v) is 3.80. The maximum absolute atomic E-state index is 3.96. The molecular formula is C9H9N3. The molecule has 0 bridgehead atoms. The van der Waals surface area contributed by atoms with Crippen molar-refractivity contribution in [1.29, 1.82) is 0 Å². The molecule has 3 heteroatoms. The van der Waals surface area contributed by atoms with Crippen LogP contribution in [0.2, 0.25) is 0 Å². The van der Waals surface area contributed by atoms with Gasteiger partial charge in [-0.15, -0.1) is 5.10 Å². The van der Waals surface area contributed by atoms with Gasteiger partial charge in [-0.25, -0.2) is 0 Å². The van der Waals surface area contributed by atoms with Crippen molar-refractivity contribution in [2.45, 2.75) is 0 Å². The number of anilines is 1. The van der Waals surface area contributed by atoms with Crippen molar-refractivity contribution in [3.63, 3.8) is 0 Å². The minimum Gasteiger partial charge on any atom is -0.371 e. The van der Waals surface area contributed by atoms with Gasteiger partial charge in [0.2, 0.25) is 0 Å². The third-order valence-corrected chi connectivity index (χ3v) is 1.81. The van der Waals surface area contributed by atoms with Gasteiger partial charge in [-0.2, -0.15) is 5.10 Å². The van der Waals surface area contributed by atoms with E-state index in [1.807, 2.05) is 31.3 Å². The summed E-state index contributed by atoms with van der Waals surface area (Å²) >= 11 is 0. The fraction of sp³-hybridized carbons (Fsp3) is 0.111. The molecule has 0 fully saturated rings. The highest BCUT2D eigenvalue weighted by molar-refractivity contribution is 5.90. The molecule has 12 heavy (non-hydrogen) atoms. The number of nitrogens with zero attached hydrogens (tertiary/aromatic N) is 2. The van der Waals surface area contributed by atoms with Crippen LogP contribution < -0.4 is 5.32 Å². The second kappa shape index (κ2) is 2.77. The summed E-state index contributed by atoms with van der Waals surface area (Å²) in [5, 5.41) is 13.0. The van der Waals surface area contributed by atoms with Crippen LogP contribution in [0.3, 0.4) is 0 Å². The van der Waals surface area contributed by atoms with Crippen molar-refractivity contribution >= 4 is 16.6 Å². The number of fused-ring (bicyclic) bond motifs is 1. The van der Waals surface area contributed by atoms with Crippen LogP contribution >= 0.6 is 0 Å². The maximum atomic E-state index is 3.96. The Morgan fingerprint density at radius 3 is 2.92 bits per heavy atom. The van der Waals surface area contributed by atoms with Gasteiger partial charge < -0.3 is 5.32 Å². The van der Waals surface area contributed by atoms with E-state index in [1.54, 1.807) is 6.20 Å². The summed E-state index contributed by atoms with van der Waals surface area (Å²) in [6.45, 7) is 0. The van der Waals surface area contributed by atoms with Crippen LogP contribution in [0.1, 0.15) is 0 Å². The normalized spacial score (nSPS) is 10.1. The standard InChI is InChI=1S/C9H9N3/c1-10-9-8-5-3-2-4-7(8)6-11-12-9/h2-6H,1H3,(H,10,12). The van der Waals surface area contributed by atoms with Gasteiger partial charge in [-0.05, 0) is 0 Å². The summed E-state index contributed by atoms with van der Waals surface area (Å²) in [5.74, 6) is 0.827. The predicted molar refractivity (Wildman–Crippen MR) is 49.1 cm³/mol. The lowest BCUT2D eigenvalue weighted by molar-refractivity contribution is 1.05. The number of aromatic nitrogens is 2. The van der Waals surface area contributed by atoms with Gasteiger partial charge in [0.25, 0.3) is 0 Å². The number of hydrogen-bond acceptors (Lipinski definition) is 3. The van der Waals surface area contributed by atoms with Crippen LogP contribution in [0.25, 0.3) is 10.8 Å². The van der Waals surface area contributed by atoms with Crippen LogP contribution in [0, 0.1) is 0 Å². The fourth-order valence-electron chi connectivity index (χ4n) is 1.21. The minimum absolute atomic E-state index is 0.827. The third kappa shape index (κ3) is 0.993. The average Bonchev–Trinajstić information content (AvgIpc) is 2.17. The Kier molecular flexibility index (Phi) is 1.63. The van der Waals surface area contributed by atoms with E-state index in [2.05, 4.69) is 15.5 Å². The Morgan fingerprint density at radius 1 is 1.25 bits per heavy atom. The summed E-state index contributed by atoms with van der Waals surface area (Å²) in [6, 6.07) is 8.02. The molecule has 0 saturated carbocycles. The molecule has 2 rings (SSSR count). The first kappa shape index (κ1) is 7.03. The van der Waals surface area contributed by atoms with Crippen molar-refractivity contribution in [3.8, 4) is 0 Å². The highest BCUT2D eigenvalue weighted by atomic mass is 15.2. The molecule has 0 unspecified atom stereocenters. The number of benzene rings is 1. The van der Waals surface area contributed by atoms with E-state index in [4.69, 9.17) is 0 Å². The molecule has 0 saturated heterocycles. The molecule has 1 aromatic carbocycles. The van der Waals surface area contributed by atoms with Crippen molar-refractivity contribution in [1.82, 2.24) is 10.2 Å². The molecule has 0 aliphatic heterocycles. The van der Waals surface area contributed by atoms with Crippen molar-refractivity contribution in [2.24, 2.45) is 0 Å². The molecule has 1 N–H and O–H groups in total. The van der Waals surface area contributed by atoms with E-state index >= 15 is 0 Å². The Hall–Kier alpha value is -1.64. The fourth-order valence-corrected chi connectivity index (χ4v) is 1.21. The Morgan fingerprint density at radius 2 is 2.08 bits per heavy atom. The monoisotopic (exact) mass is 159 g/mol. The zero-order chi connectivity index (χ0) is 8.39. The zero-order valence-electron chi connectivity index (χ0n) is 6.78. The molecule has 0 aliphatic rings. The summed E-state index contributed by atoms with van der Waals surface area (Å²) in [5.41, 5.74) is 0. The van der Waals surface area contributed by atoms with Gasteiger partial charge >= 0.3 is 0 Å². The van der Waals surface area contributed by atoms with Gasteiger partial charge in [-0.3, -0.25) is 0 Å². The lowest BCUT2D eigenvalue weighted by Crippen LogP contribution is -1.94.